The number of aromatic nitrogens is 4. The Morgan fingerprint density at radius 1 is 1.20 bits per heavy atom. The predicted octanol–water partition coefficient (Wildman–Crippen LogP) is 2.76. The molecule has 0 saturated carbocycles. The Morgan fingerprint density at radius 2 is 2.08 bits per heavy atom. The molecule has 1 amide bonds. The first-order chi connectivity index (χ1) is 12.1. The van der Waals surface area contributed by atoms with Gasteiger partial charge in [-0.05, 0) is 44.9 Å². The lowest BCUT2D eigenvalue weighted by atomic mass is 9.94. The Kier molecular flexibility index (Phi) is 3.95. The summed E-state index contributed by atoms with van der Waals surface area (Å²) in [7, 11) is 0. The molecule has 1 saturated heterocycles. The zero-order valence-corrected chi connectivity index (χ0v) is 14.5. The second-order valence-electron chi connectivity index (χ2n) is 6.64. The van der Waals surface area contributed by atoms with Gasteiger partial charge in [0.15, 0.2) is 0 Å². The normalized spacial score (nSPS) is 17.8. The number of carbonyl (C=O) groups excluding carboxylic acids is 1. The van der Waals surface area contributed by atoms with Gasteiger partial charge in [0.25, 0.3) is 5.91 Å². The molecular weight excluding hydrogens is 314 g/mol. The summed E-state index contributed by atoms with van der Waals surface area (Å²) in [6, 6.07) is 7.85. The summed E-state index contributed by atoms with van der Waals surface area (Å²) in [5, 5.41) is 0. The van der Waals surface area contributed by atoms with Gasteiger partial charge in [-0.3, -0.25) is 4.79 Å². The van der Waals surface area contributed by atoms with Crippen LogP contribution in [-0.4, -0.2) is 43.2 Å². The van der Waals surface area contributed by atoms with Crippen molar-refractivity contribution >= 4 is 11.6 Å². The van der Waals surface area contributed by atoms with E-state index in [1.165, 1.54) is 0 Å². The molecule has 4 heterocycles. The SMILES string of the molecule is Cc1nccc([C@H]2CCCN(C(=O)c3cn4c(C)cccc4n3)C2)n1. The van der Waals surface area contributed by atoms with Crippen molar-refractivity contribution in [1.82, 2.24) is 24.3 Å². The first-order valence-corrected chi connectivity index (χ1v) is 8.65. The number of hydrogen-bond acceptors (Lipinski definition) is 4. The van der Waals surface area contributed by atoms with E-state index in [-0.39, 0.29) is 11.8 Å². The highest BCUT2D eigenvalue weighted by atomic mass is 16.2. The standard InChI is InChI=1S/C19H21N5O/c1-13-5-3-7-18-22-17(12-24(13)18)19(25)23-10-4-6-15(11-23)16-8-9-20-14(2)21-16/h3,5,7-9,12,15H,4,6,10-11H2,1-2H3/t15-/m0/s1. The third-order valence-electron chi connectivity index (χ3n) is 4.84. The van der Waals surface area contributed by atoms with Crippen LogP contribution in [0.15, 0.2) is 36.7 Å². The van der Waals surface area contributed by atoms with Crippen molar-refractivity contribution < 1.29 is 4.79 Å². The highest BCUT2D eigenvalue weighted by Crippen LogP contribution is 2.26. The van der Waals surface area contributed by atoms with Crippen LogP contribution in [0.1, 0.15) is 46.5 Å². The minimum absolute atomic E-state index is 0.00132. The second kappa shape index (κ2) is 6.27. The van der Waals surface area contributed by atoms with Gasteiger partial charge >= 0.3 is 0 Å². The molecule has 128 valence electrons. The van der Waals surface area contributed by atoms with Gasteiger partial charge in [0.1, 0.15) is 17.2 Å². The molecule has 3 aromatic rings. The van der Waals surface area contributed by atoms with Crippen LogP contribution in [-0.2, 0) is 0 Å². The fraction of sp³-hybridized carbons (Fsp3) is 0.368. The molecule has 3 aromatic heterocycles. The van der Waals surface area contributed by atoms with E-state index in [1.807, 2.05) is 53.6 Å². The molecule has 0 aromatic carbocycles. The van der Waals surface area contributed by atoms with Crippen molar-refractivity contribution in [2.24, 2.45) is 0 Å². The van der Waals surface area contributed by atoms with E-state index >= 15 is 0 Å². The Hall–Kier alpha value is -2.76. The molecule has 0 radical (unpaired) electrons. The first kappa shape index (κ1) is 15.7. The third kappa shape index (κ3) is 2.99. The maximum absolute atomic E-state index is 12.9. The van der Waals surface area contributed by atoms with Crippen molar-refractivity contribution in [1.29, 1.82) is 0 Å². The lowest BCUT2D eigenvalue weighted by molar-refractivity contribution is 0.0700. The van der Waals surface area contributed by atoms with Crippen molar-refractivity contribution in [2.75, 3.05) is 13.1 Å². The minimum Gasteiger partial charge on any atom is -0.337 e. The molecule has 1 atom stereocenters. The van der Waals surface area contributed by atoms with Crippen molar-refractivity contribution in [3.8, 4) is 0 Å². The number of piperidine rings is 1. The highest BCUT2D eigenvalue weighted by molar-refractivity contribution is 5.93. The first-order valence-electron chi connectivity index (χ1n) is 8.65. The number of likely N-dealkylation sites (tertiary alicyclic amines) is 1. The van der Waals surface area contributed by atoms with E-state index in [1.54, 1.807) is 6.20 Å². The van der Waals surface area contributed by atoms with E-state index in [0.717, 1.165) is 42.2 Å². The van der Waals surface area contributed by atoms with Crippen molar-refractivity contribution in [3.63, 3.8) is 0 Å². The number of imidazole rings is 1. The zero-order chi connectivity index (χ0) is 17.4. The molecule has 0 unspecified atom stereocenters. The molecule has 1 aliphatic heterocycles. The summed E-state index contributed by atoms with van der Waals surface area (Å²) in [5.74, 6) is 1.04. The van der Waals surface area contributed by atoms with Crippen LogP contribution in [0.5, 0.6) is 0 Å². The van der Waals surface area contributed by atoms with Crippen molar-refractivity contribution in [3.05, 3.63) is 59.6 Å². The monoisotopic (exact) mass is 335 g/mol. The van der Waals surface area contributed by atoms with Gasteiger partial charge in [-0.15, -0.1) is 0 Å². The Bertz CT molecular complexity index is 932. The fourth-order valence-corrected chi connectivity index (χ4v) is 3.52. The van der Waals surface area contributed by atoms with E-state index < -0.39 is 0 Å². The van der Waals surface area contributed by atoms with E-state index in [4.69, 9.17) is 0 Å². The molecule has 6 heteroatoms. The average molecular weight is 335 g/mol. The number of carbonyl (C=O) groups is 1. The third-order valence-corrected chi connectivity index (χ3v) is 4.84. The Morgan fingerprint density at radius 3 is 2.88 bits per heavy atom. The minimum atomic E-state index is -0.00132. The van der Waals surface area contributed by atoms with Gasteiger partial charge in [0, 0.05) is 42.8 Å². The molecule has 0 N–H and O–H groups in total. The van der Waals surface area contributed by atoms with Crippen LogP contribution in [0.3, 0.4) is 0 Å². The highest BCUT2D eigenvalue weighted by Gasteiger charge is 2.27. The molecule has 6 nitrogen and oxygen atoms in total. The van der Waals surface area contributed by atoms with Gasteiger partial charge in [0.05, 0.1) is 0 Å². The number of rotatable bonds is 2. The van der Waals surface area contributed by atoms with Crippen LogP contribution >= 0.6 is 0 Å². The van der Waals surface area contributed by atoms with Crippen LogP contribution in [0.25, 0.3) is 5.65 Å². The lowest BCUT2D eigenvalue weighted by Crippen LogP contribution is -2.39. The van der Waals surface area contributed by atoms with Gasteiger partial charge in [-0.1, -0.05) is 6.07 Å². The molecule has 1 fully saturated rings. The van der Waals surface area contributed by atoms with Gasteiger partial charge < -0.3 is 9.30 Å². The zero-order valence-electron chi connectivity index (χ0n) is 14.5. The molecular formula is C19H21N5O. The number of nitrogens with zero attached hydrogens (tertiary/aromatic N) is 5. The van der Waals surface area contributed by atoms with Crippen LogP contribution in [0.2, 0.25) is 0 Å². The Labute approximate surface area is 146 Å². The number of aryl methyl sites for hydroxylation is 2. The summed E-state index contributed by atoms with van der Waals surface area (Å²) in [5.41, 5.74) is 3.41. The quantitative estimate of drug-likeness (QED) is 0.722. The van der Waals surface area contributed by atoms with Gasteiger partial charge in [0.2, 0.25) is 0 Å². The summed E-state index contributed by atoms with van der Waals surface area (Å²) < 4.78 is 1.96. The van der Waals surface area contributed by atoms with E-state index in [0.29, 0.717) is 12.2 Å². The summed E-state index contributed by atoms with van der Waals surface area (Å²) in [6.45, 7) is 5.36. The smallest absolute Gasteiger partial charge is 0.274 e. The van der Waals surface area contributed by atoms with Gasteiger partial charge in [-0.25, -0.2) is 15.0 Å². The molecule has 0 bridgehead atoms. The van der Waals surface area contributed by atoms with Crippen molar-refractivity contribution in [2.45, 2.75) is 32.6 Å². The van der Waals surface area contributed by atoms with E-state index in [2.05, 4.69) is 15.0 Å². The Balaban J connectivity index is 1.57. The maximum atomic E-state index is 12.9. The molecule has 25 heavy (non-hydrogen) atoms. The van der Waals surface area contributed by atoms with E-state index in [9.17, 15) is 4.79 Å². The van der Waals surface area contributed by atoms with Crippen LogP contribution in [0, 0.1) is 13.8 Å². The molecule has 1 aliphatic rings. The maximum Gasteiger partial charge on any atom is 0.274 e. The summed E-state index contributed by atoms with van der Waals surface area (Å²) in [4.78, 5) is 28.1. The number of fused-ring (bicyclic) bond motifs is 1. The molecule has 0 aliphatic carbocycles. The lowest BCUT2D eigenvalue weighted by Gasteiger charge is -2.32. The summed E-state index contributed by atoms with van der Waals surface area (Å²) in [6.07, 6.45) is 5.66. The topological polar surface area (TPSA) is 63.4 Å². The van der Waals surface area contributed by atoms with Crippen LogP contribution in [0.4, 0.5) is 0 Å². The fourth-order valence-electron chi connectivity index (χ4n) is 3.52. The predicted molar refractivity (Wildman–Crippen MR) is 94.6 cm³/mol. The molecule has 4 rings (SSSR count). The second-order valence-corrected chi connectivity index (χ2v) is 6.64. The number of amides is 1. The number of pyridine rings is 1. The summed E-state index contributed by atoms with van der Waals surface area (Å²) >= 11 is 0. The molecule has 0 spiro atoms. The van der Waals surface area contributed by atoms with Gasteiger partial charge in [-0.2, -0.15) is 0 Å². The number of hydrogen-bond donors (Lipinski definition) is 0. The largest absolute Gasteiger partial charge is 0.337 e. The van der Waals surface area contributed by atoms with Crippen LogP contribution < -0.4 is 0 Å². The average Bonchev–Trinajstić information content (AvgIpc) is 3.07.